The first kappa shape index (κ1) is 17.4. The minimum absolute atomic E-state index is 0.239. The van der Waals surface area contributed by atoms with Crippen LogP contribution < -0.4 is 20.9 Å². The van der Waals surface area contributed by atoms with Gasteiger partial charge in [0.25, 0.3) is 0 Å². The lowest BCUT2D eigenvalue weighted by Gasteiger charge is -2.34. The van der Waals surface area contributed by atoms with Crippen molar-refractivity contribution in [1.82, 2.24) is 20.6 Å². The molecule has 2 bridgehead atoms. The fourth-order valence-corrected chi connectivity index (χ4v) is 4.23. The van der Waals surface area contributed by atoms with E-state index in [1.165, 1.54) is 5.56 Å². The van der Waals surface area contributed by atoms with Crippen LogP contribution in [0.2, 0.25) is 0 Å². The van der Waals surface area contributed by atoms with Crippen LogP contribution in [-0.2, 0) is 17.8 Å². The molecule has 2 unspecified atom stereocenters. The molecule has 3 aliphatic rings. The summed E-state index contributed by atoms with van der Waals surface area (Å²) in [6.45, 7) is 3.38. The first-order valence-corrected chi connectivity index (χ1v) is 9.79. The number of aromatic nitrogens is 2. The second-order valence-electron chi connectivity index (χ2n) is 7.54. The van der Waals surface area contributed by atoms with E-state index in [1.54, 1.807) is 7.05 Å². The van der Waals surface area contributed by atoms with Gasteiger partial charge in [0.05, 0.1) is 17.9 Å². The fraction of sp³-hybridized carbons (Fsp3) is 0.450. The molecular formula is C20H24N6O2. The van der Waals surface area contributed by atoms with Gasteiger partial charge in [0.1, 0.15) is 5.82 Å². The van der Waals surface area contributed by atoms with Crippen LogP contribution in [0.3, 0.4) is 0 Å². The third kappa shape index (κ3) is 3.18. The molecule has 2 amide bonds. The number of anilines is 2. The second-order valence-corrected chi connectivity index (χ2v) is 7.54. The Bertz CT molecular complexity index is 888. The first-order valence-electron chi connectivity index (χ1n) is 9.79. The van der Waals surface area contributed by atoms with Gasteiger partial charge < -0.3 is 25.6 Å². The molecule has 0 radical (unpaired) electrons. The van der Waals surface area contributed by atoms with E-state index in [9.17, 15) is 4.79 Å². The monoisotopic (exact) mass is 380 g/mol. The molecule has 2 aromatic rings. The third-order valence-corrected chi connectivity index (χ3v) is 5.64. The summed E-state index contributed by atoms with van der Waals surface area (Å²) in [5, 5.41) is 8.72. The lowest BCUT2D eigenvalue weighted by atomic mass is 10.1. The van der Waals surface area contributed by atoms with Gasteiger partial charge in [-0.2, -0.15) is 0 Å². The van der Waals surface area contributed by atoms with Gasteiger partial charge in [0.15, 0.2) is 5.82 Å². The van der Waals surface area contributed by atoms with Gasteiger partial charge in [0.2, 0.25) is 0 Å². The summed E-state index contributed by atoms with van der Waals surface area (Å²) in [4.78, 5) is 23.6. The average molecular weight is 380 g/mol. The Kier molecular flexibility index (Phi) is 4.37. The summed E-state index contributed by atoms with van der Waals surface area (Å²) in [5.74, 6) is 1.76. The highest BCUT2D eigenvalue weighted by Gasteiger charge is 2.36. The van der Waals surface area contributed by atoms with Crippen LogP contribution in [0.5, 0.6) is 0 Å². The second kappa shape index (κ2) is 7.03. The number of urea groups is 1. The zero-order chi connectivity index (χ0) is 19.1. The fourth-order valence-electron chi connectivity index (χ4n) is 4.23. The van der Waals surface area contributed by atoms with Crippen molar-refractivity contribution in [3.05, 3.63) is 35.5 Å². The zero-order valence-corrected chi connectivity index (χ0v) is 15.9. The largest absolute Gasteiger partial charge is 0.371 e. The van der Waals surface area contributed by atoms with Crippen LogP contribution in [0.1, 0.15) is 24.1 Å². The van der Waals surface area contributed by atoms with Gasteiger partial charge >= 0.3 is 6.03 Å². The van der Waals surface area contributed by atoms with E-state index < -0.39 is 0 Å². The van der Waals surface area contributed by atoms with E-state index in [1.807, 2.05) is 24.3 Å². The third-order valence-electron chi connectivity index (χ3n) is 5.64. The smallest absolute Gasteiger partial charge is 0.318 e. The molecule has 146 valence electrons. The molecule has 5 rings (SSSR count). The Morgan fingerprint density at radius 2 is 1.89 bits per heavy atom. The van der Waals surface area contributed by atoms with E-state index in [0.717, 1.165) is 67.6 Å². The molecular weight excluding hydrogens is 356 g/mol. The van der Waals surface area contributed by atoms with Crippen molar-refractivity contribution in [3.63, 3.8) is 0 Å². The molecule has 1 aromatic carbocycles. The van der Waals surface area contributed by atoms with Crippen molar-refractivity contribution in [2.24, 2.45) is 0 Å². The minimum atomic E-state index is -0.239. The van der Waals surface area contributed by atoms with Crippen molar-refractivity contribution in [2.75, 3.05) is 30.4 Å². The molecule has 2 fully saturated rings. The maximum atomic E-state index is 11.5. The quantitative estimate of drug-likeness (QED) is 0.753. The zero-order valence-electron chi connectivity index (χ0n) is 15.9. The Labute approximate surface area is 163 Å². The molecule has 1 aromatic heterocycles. The summed E-state index contributed by atoms with van der Waals surface area (Å²) in [6, 6.07) is 7.39. The van der Waals surface area contributed by atoms with Crippen LogP contribution in [0, 0.1) is 0 Å². The highest BCUT2D eigenvalue weighted by atomic mass is 16.5. The van der Waals surface area contributed by atoms with Gasteiger partial charge in [-0.15, -0.1) is 0 Å². The average Bonchev–Trinajstić information content (AvgIpc) is 3.33. The van der Waals surface area contributed by atoms with Gasteiger partial charge in [-0.1, -0.05) is 0 Å². The SMILES string of the molecule is CNC(=O)Nc1ccc(-c2nc3c(c(N4CC5CCC(C4)O5)n2)CNC3)cc1. The number of benzene rings is 1. The molecule has 0 aliphatic carbocycles. The number of hydrogen-bond acceptors (Lipinski definition) is 6. The topological polar surface area (TPSA) is 91.4 Å². The number of fused-ring (bicyclic) bond motifs is 3. The molecule has 28 heavy (non-hydrogen) atoms. The van der Waals surface area contributed by atoms with E-state index in [0.29, 0.717) is 12.2 Å². The van der Waals surface area contributed by atoms with Crippen molar-refractivity contribution in [3.8, 4) is 11.4 Å². The predicted molar refractivity (Wildman–Crippen MR) is 106 cm³/mol. The van der Waals surface area contributed by atoms with Crippen molar-refractivity contribution >= 4 is 17.5 Å². The number of hydrogen-bond donors (Lipinski definition) is 3. The summed E-state index contributed by atoms with van der Waals surface area (Å²) in [6.07, 6.45) is 2.91. The normalized spacial score (nSPS) is 22.8. The summed E-state index contributed by atoms with van der Waals surface area (Å²) < 4.78 is 6.00. The first-order chi connectivity index (χ1) is 13.7. The van der Waals surface area contributed by atoms with Crippen LogP contribution in [-0.4, -0.2) is 48.3 Å². The molecule has 8 heteroatoms. The Morgan fingerprint density at radius 3 is 2.61 bits per heavy atom. The van der Waals surface area contributed by atoms with E-state index in [4.69, 9.17) is 14.7 Å². The van der Waals surface area contributed by atoms with E-state index in [2.05, 4.69) is 20.9 Å². The number of carbonyl (C=O) groups is 1. The minimum Gasteiger partial charge on any atom is -0.371 e. The highest BCUT2D eigenvalue weighted by molar-refractivity contribution is 5.89. The lowest BCUT2D eigenvalue weighted by Crippen LogP contribution is -2.43. The number of nitrogens with zero attached hydrogens (tertiary/aromatic N) is 3. The molecule has 3 N–H and O–H groups in total. The number of nitrogens with one attached hydrogen (secondary N) is 3. The molecule has 8 nitrogen and oxygen atoms in total. The molecule has 3 aliphatic heterocycles. The van der Waals surface area contributed by atoms with Gasteiger partial charge in [-0.3, -0.25) is 0 Å². The summed E-state index contributed by atoms with van der Waals surface area (Å²) in [5.41, 5.74) is 3.96. The lowest BCUT2D eigenvalue weighted by molar-refractivity contribution is 0.0301. The highest BCUT2D eigenvalue weighted by Crippen LogP contribution is 2.33. The molecule has 0 spiro atoms. The standard InChI is InChI=1S/C20H24N6O2/c1-21-20(27)23-13-4-2-12(3-5-13)18-24-17-9-22-8-16(17)19(25-18)26-10-14-6-7-15(11-26)28-14/h2-5,14-15,22H,6-11H2,1H3,(H2,21,23,27). The Hall–Kier alpha value is -2.71. The van der Waals surface area contributed by atoms with E-state index >= 15 is 0 Å². The van der Waals surface area contributed by atoms with E-state index in [-0.39, 0.29) is 6.03 Å². The van der Waals surface area contributed by atoms with Crippen molar-refractivity contribution < 1.29 is 9.53 Å². The maximum absolute atomic E-state index is 11.5. The summed E-state index contributed by atoms with van der Waals surface area (Å²) >= 11 is 0. The molecule has 2 saturated heterocycles. The van der Waals surface area contributed by atoms with Gasteiger partial charge in [-0.05, 0) is 37.1 Å². The predicted octanol–water partition coefficient (Wildman–Crippen LogP) is 1.87. The number of morpholine rings is 1. The van der Waals surface area contributed by atoms with Crippen molar-refractivity contribution in [1.29, 1.82) is 0 Å². The summed E-state index contributed by atoms with van der Waals surface area (Å²) in [7, 11) is 1.59. The van der Waals surface area contributed by atoms with Crippen LogP contribution >= 0.6 is 0 Å². The van der Waals surface area contributed by atoms with Gasteiger partial charge in [-0.25, -0.2) is 14.8 Å². The molecule has 4 heterocycles. The number of ether oxygens (including phenoxy) is 1. The molecule has 0 saturated carbocycles. The Morgan fingerprint density at radius 1 is 1.14 bits per heavy atom. The molecule has 2 atom stereocenters. The van der Waals surface area contributed by atoms with Crippen LogP contribution in [0.15, 0.2) is 24.3 Å². The van der Waals surface area contributed by atoms with Crippen LogP contribution in [0.25, 0.3) is 11.4 Å². The maximum Gasteiger partial charge on any atom is 0.318 e. The number of carbonyl (C=O) groups excluding carboxylic acids is 1. The Balaban J connectivity index is 1.46. The van der Waals surface area contributed by atoms with Crippen LogP contribution in [0.4, 0.5) is 16.3 Å². The van der Waals surface area contributed by atoms with Gasteiger partial charge in [0, 0.05) is 50.0 Å². The number of rotatable bonds is 3. The number of amides is 2. The van der Waals surface area contributed by atoms with Crippen molar-refractivity contribution in [2.45, 2.75) is 38.1 Å².